The Morgan fingerprint density at radius 1 is 1.43 bits per heavy atom. The molecule has 0 bridgehead atoms. The molecule has 4 amide bonds. The molecule has 0 unspecified atom stereocenters. The average molecular weight is 483 g/mol. The topological polar surface area (TPSA) is 196 Å². The largest absolute Gasteiger partial charge is 0.398 e. The van der Waals surface area contributed by atoms with Crippen LogP contribution in [0.15, 0.2) is 10.5 Å². The maximum Gasteiger partial charge on any atom is 0.363 e. The molecule has 0 aliphatic carbocycles. The third kappa shape index (κ3) is 4.84. The van der Waals surface area contributed by atoms with Crippen molar-refractivity contribution in [2.45, 2.75) is 12.1 Å². The van der Waals surface area contributed by atoms with Gasteiger partial charge in [-0.3, -0.25) is 23.7 Å². The molecule has 1 aliphatic rings. The number of thiazole rings is 1. The molecule has 1 fully saturated rings. The summed E-state index contributed by atoms with van der Waals surface area (Å²) < 4.78 is 31.7. The molecule has 0 spiro atoms. The zero-order valence-electron chi connectivity index (χ0n) is 15.3. The van der Waals surface area contributed by atoms with E-state index in [2.05, 4.69) is 30.9 Å². The third-order valence-corrected chi connectivity index (χ3v) is 5.52. The molecular formula is C13H15ClN6O8S2. The minimum Gasteiger partial charge on any atom is -0.398 e. The Balaban J connectivity index is 2.25. The fourth-order valence-electron chi connectivity index (χ4n) is 2.36. The quantitative estimate of drug-likeness (QED) is 0.105. The van der Waals surface area contributed by atoms with Gasteiger partial charge in [-0.1, -0.05) is 5.16 Å². The predicted molar refractivity (Wildman–Crippen MR) is 103 cm³/mol. The van der Waals surface area contributed by atoms with Crippen LogP contribution in [0.4, 0.5) is 5.13 Å². The van der Waals surface area contributed by atoms with E-state index < -0.39 is 51.7 Å². The summed E-state index contributed by atoms with van der Waals surface area (Å²) in [7, 11) is -2.71. The number of alkyl halides is 1. The lowest BCUT2D eigenvalue weighted by Gasteiger charge is -2.42. The van der Waals surface area contributed by atoms with E-state index in [-0.39, 0.29) is 21.0 Å². The Morgan fingerprint density at radius 2 is 2.10 bits per heavy atom. The number of oxime groups is 1. The first-order chi connectivity index (χ1) is 14.0. The van der Waals surface area contributed by atoms with Gasteiger partial charge in [0, 0.05) is 12.4 Å². The number of nitrogens with one attached hydrogen (secondary N) is 3. The summed E-state index contributed by atoms with van der Waals surface area (Å²) in [6.07, 6.45) is 0. The van der Waals surface area contributed by atoms with E-state index in [9.17, 15) is 27.6 Å². The van der Waals surface area contributed by atoms with Gasteiger partial charge in [0.25, 0.3) is 11.8 Å². The summed E-state index contributed by atoms with van der Waals surface area (Å²) in [6.45, 7) is 0. The smallest absolute Gasteiger partial charge is 0.363 e. The van der Waals surface area contributed by atoms with E-state index in [1.165, 1.54) is 12.4 Å². The second kappa shape index (κ2) is 9.33. The summed E-state index contributed by atoms with van der Waals surface area (Å²) in [5.74, 6) is -4.05. The van der Waals surface area contributed by atoms with Crippen LogP contribution in [0.5, 0.6) is 0 Å². The summed E-state index contributed by atoms with van der Waals surface area (Å²) >= 11 is 6.33. The molecule has 17 heteroatoms. The number of carbonyl (C=O) groups excluding carboxylic acids is 4. The first-order valence-electron chi connectivity index (χ1n) is 7.81. The molecule has 2 rings (SSSR count). The average Bonchev–Trinajstić information content (AvgIpc) is 3.13. The minimum atomic E-state index is -5.03. The zero-order valence-corrected chi connectivity index (χ0v) is 17.7. The van der Waals surface area contributed by atoms with Crippen LogP contribution in [0.1, 0.15) is 5.69 Å². The van der Waals surface area contributed by atoms with Crippen molar-refractivity contribution in [3.05, 3.63) is 11.1 Å². The molecule has 30 heavy (non-hydrogen) atoms. The van der Waals surface area contributed by atoms with Gasteiger partial charge in [-0.05, 0) is 0 Å². The van der Waals surface area contributed by atoms with Crippen molar-refractivity contribution in [3.8, 4) is 0 Å². The maximum absolute atomic E-state index is 12.6. The maximum atomic E-state index is 12.6. The van der Waals surface area contributed by atoms with Crippen LogP contribution >= 0.6 is 22.9 Å². The van der Waals surface area contributed by atoms with E-state index in [0.717, 1.165) is 18.4 Å². The van der Waals surface area contributed by atoms with Gasteiger partial charge < -0.3 is 20.8 Å². The summed E-state index contributed by atoms with van der Waals surface area (Å²) in [6, 6.07) is -3.31. The Kier molecular flexibility index (Phi) is 7.30. The van der Waals surface area contributed by atoms with Gasteiger partial charge >= 0.3 is 10.3 Å². The van der Waals surface area contributed by atoms with Gasteiger partial charge in [0.05, 0.1) is 0 Å². The molecule has 2 heterocycles. The normalized spacial score (nSPS) is 19.0. The van der Waals surface area contributed by atoms with Crippen molar-refractivity contribution in [2.24, 2.45) is 5.16 Å². The highest BCUT2D eigenvalue weighted by Crippen LogP contribution is 2.24. The minimum absolute atomic E-state index is 0.0425. The highest BCUT2D eigenvalue weighted by molar-refractivity contribution is 7.84. The van der Waals surface area contributed by atoms with E-state index in [1.54, 1.807) is 0 Å². The van der Waals surface area contributed by atoms with Crippen LogP contribution in [0.25, 0.3) is 0 Å². The highest BCUT2D eigenvalue weighted by atomic mass is 35.5. The lowest BCUT2D eigenvalue weighted by atomic mass is 9.97. The molecule has 1 aliphatic heterocycles. The Bertz CT molecular complexity index is 1010. The van der Waals surface area contributed by atoms with Crippen LogP contribution in [0, 0.1) is 0 Å². The zero-order chi connectivity index (χ0) is 22.6. The monoisotopic (exact) mass is 482 g/mol. The van der Waals surface area contributed by atoms with Crippen LogP contribution in [-0.2, 0) is 34.3 Å². The molecule has 1 aromatic rings. The van der Waals surface area contributed by atoms with Crippen LogP contribution < -0.4 is 16.0 Å². The first-order valence-corrected chi connectivity index (χ1v) is 10.6. The molecule has 0 aromatic carbocycles. The van der Waals surface area contributed by atoms with Gasteiger partial charge in [0.1, 0.15) is 24.7 Å². The Labute approximate surface area is 178 Å². The van der Waals surface area contributed by atoms with Gasteiger partial charge in [-0.2, -0.15) is 12.7 Å². The van der Waals surface area contributed by atoms with E-state index >= 15 is 0 Å². The standard InChI is InChI=1S/C13H15ClN6O8S2/c1-15-11(23)9-8(12(24)20(9)30(25,26)27)18-10(22)7(19-28-2)5-4-29-13(16-5)17-6(21)3-14/h4,8-9H,3H2,1-2H3,(H,15,23)(H,18,22)(H,16,17,21)(H,25,26,27)/t8-,9-/m1/s1. The number of β-lactam (4-membered cyclic amide) rings is 1. The van der Waals surface area contributed by atoms with E-state index in [0.29, 0.717) is 0 Å². The molecule has 2 atom stereocenters. The van der Waals surface area contributed by atoms with Crippen LogP contribution in [0.2, 0.25) is 0 Å². The molecule has 1 aromatic heterocycles. The molecule has 1 saturated heterocycles. The molecule has 164 valence electrons. The number of nitrogens with zero attached hydrogens (tertiary/aromatic N) is 3. The van der Waals surface area contributed by atoms with Crippen molar-refractivity contribution < 1.29 is 37.0 Å². The van der Waals surface area contributed by atoms with Crippen LogP contribution in [-0.4, -0.2) is 83.7 Å². The Morgan fingerprint density at radius 3 is 2.63 bits per heavy atom. The number of anilines is 1. The number of carbonyl (C=O) groups is 4. The number of likely N-dealkylation sites (N-methyl/N-ethyl adjacent to an activating group) is 1. The molecule has 4 N–H and O–H groups in total. The SMILES string of the molecule is CNC(=O)[C@H]1[C@@H](NC(=O)C(=NOC)c2csc(NC(=O)CCl)n2)C(=O)N1S(=O)(=O)O. The lowest BCUT2D eigenvalue weighted by Crippen LogP contribution is -2.75. The predicted octanol–water partition coefficient (Wildman–Crippen LogP) is -2.08. The van der Waals surface area contributed by atoms with Crippen molar-refractivity contribution in [2.75, 3.05) is 25.4 Å². The van der Waals surface area contributed by atoms with E-state index in [4.69, 9.17) is 16.2 Å². The third-order valence-electron chi connectivity index (χ3n) is 3.61. The fourth-order valence-corrected chi connectivity index (χ4v) is 3.99. The second-order valence-electron chi connectivity index (χ2n) is 5.46. The van der Waals surface area contributed by atoms with Crippen molar-refractivity contribution in [1.29, 1.82) is 0 Å². The second-order valence-corrected chi connectivity index (χ2v) is 7.88. The number of rotatable bonds is 8. The molecule has 0 saturated carbocycles. The molecule has 14 nitrogen and oxygen atoms in total. The highest BCUT2D eigenvalue weighted by Gasteiger charge is 2.57. The summed E-state index contributed by atoms with van der Waals surface area (Å²) in [5, 5.41) is 11.6. The fraction of sp³-hybridized carbons (Fsp3) is 0.385. The van der Waals surface area contributed by atoms with Crippen LogP contribution in [0.3, 0.4) is 0 Å². The van der Waals surface area contributed by atoms with Crippen molar-refractivity contribution >= 4 is 67.7 Å². The van der Waals surface area contributed by atoms with Gasteiger partial charge in [-0.15, -0.1) is 22.9 Å². The van der Waals surface area contributed by atoms with Gasteiger partial charge in [0.2, 0.25) is 11.8 Å². The van der Waals surface area contributed by atoms with Gasteiger partial charge in [-0.25, -0.2) is 4.98 Å². The van der Waals surface area contributed by atoms with E-state index in [1.807, 2.05) is 0 Å². The number of halogens is 1. The summed E-state index contributed by atoms with van der Waals surface area (Å²) in [5.41, 5.74) is -0.465. The number of hydrogen-bond acceptors (Lipinski definition) is 10. The van der Waals surface area contributed by atoms with Gasteiger partial charge in [0.15, 0.2) is 16.9 Å². The Hall–Kier alpha value is -2.82. The van der Waals surface area contributed by atoms with Crippen molar-refractivity contribution in [1.82, 2.24) is 19.9 Å². The first kappa shape index (κ1) is 23.5. The molecular weight excluding hydrogens is 468 g/mol. The van der Waals surface area contributed by atoms with Crippen molar-refractivity contribution in [3.63, 3.8) is 0 Å². The lowest BCUT2D eigenvalue weighted by molar-refractivity contribution is -0.151. The summed E-state index contributed by atoms with van der Waals surface area (Å²) in [4.78, 5) is 56.5. The number of hydrogen-bond donors (Lipinski definition) is 4. The number of aromatic nitrogens is 1. The molecule has 0 radical (unpaired) electrons. The number of amides is 4.